The molecular formula is C29H22ClN3O5S. The minimum atomic E-state index is -4.07. The lowest BCUT2D eigenvalue weighted by Gasteiger charge is -2.15. The highest BCUT2D eigenvalue weighted by molar-refractivity contribution is 7.92. The number of nitrogens with zero attached hydrogens (tertiary/aromatic N) is 2. The van der Waals surface area contributed by atoms with Gasteiger partial charge in [0.1, 0.15) is 5.75 Å². The number of methoxy groups -OCH3 is 1. The lowest BCUT2D eigenvalue weighted by Crippen LogP contribution is -2.21. The van der Waals surface area contributed by atoms with Crippen LogP contribution in [0.3, 0.4) is 0 Å². The number of fused-ring (bicyclic) bond motifs is 1. The highest BCUT2D eigenvalue weighted by atomic mass is 35.5. The molecule has 0 spiro atoms. The van der Waals surface area contributed by atoms with E-state index in [-0.39, 0.29) is 22.2 Å². The molecule has 39 heavy (non-hydrogen) atoms. The maximum Gasteiger partial charge on any atom is 0.265 e. The Kier molecular flexibility index (Phi) is 7.10. The summed E-state index contributed by atoms with van der Waals surface area (Å²) in [6, 6.07) is 26.0. The third-order valence-electron chi connectivity index (χ3n) is 6.01. The molecule has 196 valence electrons. The molecule has 5 aromatic rings. The molecule has 5 rings (SSSR count). The largest absolute Gasteiger partial charge is 0.495 e. The van der Waals surface area contributed by atoms with E-state index in [1.165, 1.54) is 37.6 Å². The first kappa shape index (κ1) is 26.0. The maximum atomic E-state index is 13.5. The number of hydrogen-bond acceptors (Lipinski definition) is 6. The monoisotopic (exact) mass is 559 g/mol. The molecule has 4 aromatic carbocycles. The van der Waals surface area contributed by atoms with E-state index in [1.54, 1.807) is 72.8 Å². The number of rotatable bonds is 7. The normalized spacial score (nSPS) is 11.6. The van der Waals surface area contributed by atoms with Gasteiger partial charge in [0.25, 0.3) is 15.6 Å². The van der Waals surface area contributed by atoms with Crippen molar-refractivity contribution in [3.63, 3.8) is 0 Å². The molecule has 0 unspecified atom stereocenters. The quantitative estimate of drug-likeness (QED) is 0.241. The second kappa shape index (κ2) is 10.6. The van der Waals surface area contributed by atoms with Gasteiger partial charge in [0.05, 0.1) is 34.6 Å². The van der Waals surface area contributed by atoms with Crippen LogP contribution in [-0.2, 0) is 10.0 Å². The molecule has 0 aliphatic heterocycles. The van der Waals surface area contributed by atoms with E-state index in [4.69, 9.17) is 16.3 Å². The Balaban J connectivity index is 1.63. The fourth-order valence-electron chi connectivity index (χ4n) is 4.12. The zero-order valence-electron chi connectivity index (χ0n) is 20.6. The zero-order valence-corrected chi connectivity index (χ0v) is 22.1. The number of benzene rings is 4. The zero-order chi connectivity index (χ0) is 27.6. The van der Waals surface area contributed by atoms with Crippen molar-refractivity contribution >= 4 is 50.0 Å². The molecule has 1 heterocycles. The Morgan fingerprint density at radius 2 is 1.62 bits per heavy atom. The summed E-state index contributed by atoms with van der Waals surface area (Å²) in [7, 11) is -2.63. The number of halogens is 1. The summed E-state index contributed by atoms with van der Waals surface area (Å²) < 4.78 is 35.3. The van der Waals surface area contributed by atoms with Crippen molar-refractivity contribution in [1.82, 2.24) is 4.57 Å². The molecule has 2 N–H and O–H groups in total. The van der Waals surface area contributed by atoms with Crippen LogP contribution in [0.5, 0.6) is 11.6 Å². The minimum Gasteiger partial charge on any atom is -0.495 e. The Morgan fingerprint density at radius 3 is 2.36 bits per heavy atom. The van der Waals surface area contributed by atoms with Gasteiger partial charge in [0, 0.05) is 22.0 Å². The van der Waals surface area contributed by atoms with Crippen molar-refractivity contribution < 1.29 is 18.3 Å². The van der Waals surface area contributed by atoms with Crippen LogP contribution in [0.4, 0.5) is 11.4 Å². The van der Waals surface area contributed by atoms with E-state index in [0.29, 0.717) is 32.8 Å². The number of pyridine rings is 1. The smallest absolute Gasteiger partial charge is 0.265 e. The van der Waals surface area contributed by atoms with Gasteiger partial charge in [-0.3, -0.25) is 14.5 Å². The van der Waals surface area contributed by atoms with Crippen molar-refractivity contribution in [2.24, 2.45) is 4.99 Å². The van der Waals surface area contributed by atoms with Crippen molar-refractivity contribution in [3.8, 4) is 17.3 Å². The summed E-state index contributed by atoms with van der Waals surface area (Å²) in [6.45, 7) is 0. The second-order valence-electron chi connectivity index (χ2n) is 8.46. The van der Waals surface area contributed by atoms with Crippen LogP contribution in [0, 0.1) is 0 Å². The van der Waals surface area contributed by atoms with Crippen LogP contribution in [0.25, 0.3) is 16.5 Å². The molecule has 0 fully saturated rings. The minimum absolute atomic E-state index is 0.109. The highest BCUT2D eigenvalue weighted by Crippen LogP contribution is 2.29. The van der Waals surface area contributed by atoms with E-state index < -0.39 is 15.6 Å². The average Bonchev–Trinajstić information content (AvgIpc) is 2.94. The van der Waals surface area contributed by atoms with Gasteiger partial charge >= 0.3 is 0 Å². The number of aliphatic imine (C=N–C) groups is 1. The topological polar surface area (TPSA) is 110 Å². The number of sulfonamides is 1. The number of nitrogens with one attached hydrogen (secondary N) is 1. The van der Waals surface area contributed by atoms with Crippen LogP contribution in [-0.4, -0.2) is 31.4 Å². The van der Waals surface area contributed by atoms with Crippen molar-refractivity contribution in [2.45, 2.75) is 4.90 Å². The van der Waals surface area contributed by atoms with Gasteiger partial charge in [0.15, 0.2) is 0 Å². The summed E-state index contributed by atoms with van der Waals surface area (Å²) >= 11 is 5.96. The summed E-state index contributed by atoms with van der Waals surface area (Å²) in [4.78, 5) is 17.8. The molecular weight excluding hydrogens is 538 g/mol. The second-order valence-corrected chi connectivity index (χ2v) is 10.6. The van der Waals surface area contributed by atoms with Gasteiger partial charge in [-0.05, 0) is 60.7 Å². The molecule has 0 amide bonds. The van der Waals surface area contributed by atoms with Gasteiger partial charge in [-0.1, -0.05) is 48.0 Å². The van der Waals surface area contributed by atoms with Crippen molar-refractivity contribution in [2.75, 3.05) is 11.8 Å². The van der Waals surface area contributed by atoms with Gasteiger partial charge in [-0.25, -0.2) is 13.0 Å². The number of hydrogen-bond donors (Lipinski definition) is 2. The SMILES string of the molecule is COc1ccccc1NS(=O)(=O)c1cccc(-n2c(O)c(C=Nc3ccc(Cl)cc3)c3ccccc3c2=O)c1. The Labute approximate surface area is 229 Å². The van der Waals surface area contributed by atoms with E-state index >= 15 is 0 Å². The summed E-state index contributed by atoms with van der Waals surface area (Å²) in [5.41, 5.74) is 0.791. The van der Waals surface area contributed by atoms with Gasteiger partial charge in [-0.2, -0.15) is 0 Å². The van der Waals surface area contributed by atoms with Crippen molar-refractivity contribution in [3.05, 3.63) is 118 Å². The third kappa shape index (κ3) is 5.22. The van der Waals surface area contributed by atoms with Gasteiger partial charge < -0.3 is 9.84 Å². The van der Waals surface area contributed by atoms with E-state index in [0.717, 1.165) is 4.57 Å². The fraction of sp³-hybridized carbons (Fsp3) is 0.0345. The molecule has 0 atom stereocenters. The Morgan fingerprint density at radius 1 is 0.923 bits per heavy atom. The first-order valence-corrected chi connectivity index (χ1v) is 13.6. The van der Waals surface area contributed by atoms with Gasteiger partial charge in [-0.15, -0.1) is 0 Å². The Hall–Kier alpha value is -4.60. The van der Waals surface area contributed by atoms with Crippen LogP contribution in [0.1, 0.15) is 5.56 Å². The maximum absolute atomic E-state index is 13.5. The molecule has 0 aliphatic carbocycles. The fourth-order valence-corrected chi connectivity index (χ4v) is 5.35. The van der Waals surface area contributed by atoms with E-state index in [1.807, 2.05) is 0 Å². The standard InChI is InChI=1S/C29H22ClN3O5S/c1-38-27-12-5-4-11-26(27)32-39(36,37)22-8-6-7-21(17-22)33-28(34)24-10-3-2-9-23(24)25(29(33)35)18-31-20-15-13-19(30)14-16-20/h2-18,32,35H,1H3. The van der Waals surface area contributed by atoms with Crippen LogP contribution >= 0.6 is 11.6 Å². The number of anilines is 1. The molecule has 0 saturated carbocycles. The first-order chi connectivity index (χ1) is 18.8. The first-order valence-electron chi connectivity index (χ1n) is 11.7. The molecule has 0 bridgehead atoms. The molecule has 1 aromatic heterocycles. The lowest BCUT2D eigenvalue weighted by atomic mass is 10.1. The number of aromatic hydroxyl groups is 1. The average molecular weight is 560 g/mol. The molecule has 0 saturated heterocycles. The number of para-hydroxylation sites is 2. The number of aromatic nitrogens is 1. The summed E-state index contributed by atoms with van der Waals surface area (Å²) in [5.74, 6) is -0.0334. The third-order valence-corrected chi connectivity index (χ3v) is 7.63. The van der Waals surface area contributed by atoms with Crippen LogP contribution < -0.4 is 15.0 Å². The predicted molar refractivity (Wildman–Crippen MR) is 154 cm³/mol. The molecule has 0 aliphatic rings. The summed E-state index contributed by atoms with van der Waals surface area (Å²) in [6.07, 6.45) is 1.46. The van der Waals surface area contributed by atoms with Crippen molar-refractivity contribution in [1.29, 1.82) is 0 Å². The Bertz CT molecular complexity index is 1880. The highest BCUT2D eigenvalue weighted by Gasteiger charge is 2.20. The molecule has 10 heteroatoms. The lowest BCUT2D eigenvalue weighted by molar-refractivity contribution is 0.417. The van der Waals surface area contributed by atoms with E-state index in [9.17, 15) is 18.3 Å². The summed E-state index contributed by atoms with van der Waals surface area (Å²) in [5, 5.41) is 12.7. The van der Waals surface area contributed by atoms with E-state index in [2.05, 4.69) is 9.71 Å². The molecule has 0 radical (unpaired) electrons. The van der Waals surface area contributed by atoms with Crippen LogP contribution in [0.2, 0.25) is 5.02 Å². The predicted octanol–water partition coefficient (Wildman–Crippen LogP) is 5.91. The van der Waals surface area contributed by atoms with Gasteiger partial charge in [0.2, 0.25) is 5.88 Å². The number of ether oxygens (including phenoxy) is 1. The molecule has 8 nitrogen and oxygen atoms in total. The van der Waals surface area contributed by atoms with Crippen LogP contribution in [0.15, 0.2) is 112 Å².